The van der Waals surface area contributed by atoms with Crippen molar-refractivity contribution in [3.05, 3.63) is 35.9 Å². The number of amides is 1. The van der Waals surface area contributed by atoms with Crippen LogP contribution in [-0.4, -0.2) is 50.1 Å². The lowest BCUT2D eigenvalue weighted by Gasteiger charge is -2.07. The monoisotopic (exact) mass is 306 g/mol. The highest BCUT2D eigenvalue weighted by Gasteiger charge is 1.95. The van der Waals surface area contributed by atoms with Gasteiger partial charge in [0.1, 0.15) is 6.21 Å². The van der Waals surface area contributed by atoms with Crippen molar-refractivity contribution in [3.63, 3.8) is 0 Å². The van der Waals surface area contributed by atoms with Gasteiger partial charge in [-0.3, -0.25) is 4.79 Å². The molecule has 0 fully saturated rings. The fraction of sp³-hybridized carbons (Fsp3) is 0.500. The maximum absolute atomic E-state index is 10.9. The van der Waals surface area contributed by atoms with Crippen molar-refractivity contribution < 1.29 is 10.0 Å². The van der Waals surface area contributed by atoms with E-state index >= 15 is 0 Å². The Balaban J connectivity index is 1.81. The van der Waals surface area contributed by atoms with E-state index in [1.165, 1.54) is 5.56 Å². The third-order valence-electron chi connectivity index (χ3n) is 3.14. The summed E-state index contributed by atoms with van der Waals surface area (Å²) >= 11 is 0. The summed E-state index contributed by atoms with van der Waals surface area (Å²) in [4.78, 5) is 10.9. The topological polar surface area (TPSA) is 85.8 Å². The summed E-state index contributed by atoms with van der Waals surface area (Å²) in [6, 6.07) is 10.5. The van der Waals surface area contributed by atoms with Gasteiger partial charge in [0.2, 0.25) is 0 Å². The lowest BCUT2D eigenvalue weighted by molar-refractivity contribution is -0.114. The molecule has 0 aliphatic heterocycles. The molecular formula is C16H26N4O2. The van der Waals surface area contributed by atoms with E-state index in [0.29, 0.717) is 6.54 Å². The average Bonchev–Trinajstić information content (AvgIpc) is 2.54. The maximum atomic E-state index is 10.9. The molecule has 6 nitrogen and oxygen atoms in total. The minimum Gasteiger partial charge on any atom is -0.411 e. The van der Waals surface area contributed by atoms with Crippen LogP contribution in [0.3, 0.4) is 0 Å². The van der Waals surface area contributed by atoms with E-state index in [-0.39, 0.29) is 5.91 Å². The first kappa shape index (κ1) is 18.1. The van der Waals surface area contributed by atoms with Crippen LogP contribution in [0.15, 0.2) is 35.5 Å². The average molecular weight is 306 g/mol. The maximum Gasteiger partial charge on any atom is 0.265 e. The molecule has 0 radical (unpaired) electrons. The second-order valence-electron chi connectivity index (χ2n) is 4.98. The molecule has 0 aliphatic carbocycles. The van der Waals surface area contributed by atoms with E-state index in [9.17, 15) is 4.79 Å². The van der Waals surface area contributed by atoms with Crippen molar-refractivity contribution in [2.75, 3.05) is 32.7 Å². The van der Waals surface area contributed by atoms with E-state index in [2.05, 4.69) is 45.4 Å². The molecule has 1 aromatic carbocycles. The molecule has 0 saturated heterocycles. The first-order valence-corrected chi connectivity index (χ1v) is 7.73. The number of hydrogen-bond donors (Lipinski definition) is 4. The molecule has 22 heavy (non-hydrogen) atoms. The second-order valence-corrected chi connectivity index (χ2v) is 4.98. The molecule has 122 valence electrons. The number of nitrogens with one attached hydrogen (secondary N) is 3. The lowest BCUT2D eigenvalue weighted by Crippen LogP contribution is -2.29. The van der Waals surface area contributed by atoms with Crippen molar-refractivity contribution in [2.45, 2.75) is 19.3 Å². The van der Waals surface area contributed by atoms with Gasteiger partial charge in [0.05, 0.1) is 0 Å². The van der Waals surface area contributed by atoms with Crippen LogP contribution < -0.4 is 16.0 Å². The molecule has 0 saturated carbocycles. The number of benzene rings is 1. The highest BCUT2D eigenvalue weighted by atomic mass is 16.4. The van der Waals surface area contributed by atoms with E-state index < -0.39 is 0 Å². The summed E-state index contributed by atoms with van der Waals surface area (Å²) in [7, 11) is 0. The summed E-state index contributed by atoms with van der Waals surface area (Å²) in [6.45, 7) is 4.41. The Morgan fingerprint density at radius 1 is 1.00 bits per heavy atom. The van der Waals surface area contributed by atoms with Crippen LogP contribution in [0.25, 0.3) is 0 Å². The predicted octanol–water partition coefficient (Wildman–Crippen LogP) is 0.765. The molecule has 0 aliphatic rings. The zero-order valence-corrected chi connectivity index (χ0v) is 12.9. The molecule has 0 aromatic heterocycles. The number of hydrogen-bond acceptors (Lipinski definition) is 5. The number of rotatable bonds is 12. The molecule has 1 amide bonds. The molecule has 1 aromatic rings. The first-order chi connectivity index (χ1) is 10.8. The van der Waals surface area contributed by atoms with Gasteiger partial charge < -0.3 is 21.2 Å². The van der Waals surface area contributed by atoms with Crippen LogP contribution in [0, 0.1) is 0 Å². The molecule has 6 heteroatoms. The number of oxime groups is 1. The van der Waals surface area contributed by atoms with Gasteiger partial charge >= 0.3 is 0 Å². The van der Waals surface area contributed by atoms with Gasteiger partial charge in [-0.25, -0.2) is 0 Å². The molecule has 0 unspecified atom stereocenters. The largest absolute Gasteiger partial charge is 0.411 e. The SMILES string of the molecule is O=C(/C=N/O)NCCCNCCCNCCc1ccccc1. The van der Waals surface area contributed by atoms with Gasteiger partial charge in [-0.1, -0.05) is 35.5 Å². The Hall–Kier alpha value is -1.92. The predicted molar refractivity (Wildman–Crippen MR) is 88.4 cm³/mol. The second kappa shape index (κ2) is 12.8. The minimum atomic E-state index is -0.370. The Kier molecular flexibility index (Phi) is 10.5. The third kappa shape index (κ3) is 9.90. The molecule has 4 N–H and O–H groups in total. The van der Waals surface area contributed by atoms with Crippen molar-refractivity contribution in [1.29, 1.82) is 0 Å². The number of nitrogens with zero attached hydrogens (tertiary/aromatic N) is 1. The summed E-state index contributed by atoms with van der Waals surface area (Å²) < 4.78 is 0. The van der Waals surface area contributed by atoms with Crippen LogP contribution in [0.4, 0.5) is 0 Å². The fourth-order valence-corrected chi connectivity index (χ4v) is 1.99. The summed E-state index contributed by atoms with van der Waals surface area (Å²) in [5.74, 6) is -0.370. The van der Waals surface area contributed by atoms with E-state index in [4.69, 9.17) is 5.21 Å². The smallest absolute Gasteiger partial charge is 0.265 e. The Morgan fingerprint density at radius 2 is 1.64 bits per heavy atom. The Morgan fingerprint density at radius 3 is 2.32 bits per heavy atom. The third-order valence-corrected chi connectivity index (χ3v) is 3.14. The van der Waals surface area contributed by atoms with Crippen LogP contribution in [0.1, 0.15) is 18.4 Å². The van der Waals surface area contributed by atoms with Gasteiger partial charge in [-0.15, -0.1) is 0 Å². The molecule has 1 rings (SSSR count). The van der Waals surface area contributed by atoms with E-state index in [1.807, 2.05) is 6.07 Å². The van der Waals surface area contributed by atoms with Crippen molar-refractivity contribution in [3.8, 4) is 0 Å². The summed E-state index contributed by atoms with van der Waals surface area (Å²) in [5, 5.41) is 20.2. The molecule has 0 heterocycles. The highest BCUT2D eigenvalue weighted by Crippen LogP contribution is 1.97. The number of carbonyl (C=O) groups excluding carboxylic acids is 1. The molecular weight excluding hydrogens is 280 g/mol. The van der Waals surface area contributed by atoms with Gasteiger partial charge in [-0.05, 0) is 51.0 Å². The normalized spacial score (nSPS) is 10.9. The van der Waals surface area contributed by atoms with Gasteiger partial charge in [0, 0.05) is 6.54 Å². The van der Waals surface area contributed by atoms with E-state index in [0.717, 1.165) is 51.7 Å². The standard InChI is InChI=1S/C16H26N4O2/c21-16(14-20-22)19-12-5-11-17-9-4-10-18-13-8-15-6-2-1-3-7-15/h1-3,6-7,14,17-18,22H,4-5,8-13H2,(H,19,21)/b20-14+. The van der Waals surface area contributed by atoms with Gasteiger partial charge in [0.25, 0.3) is 5.91 Å². The number of carbonyl (C=O) groups is 1. The lowest BCUT2D eigenvalue weighted by atomic mass is 10.1. The van der Waals surface area contributed by atoms with E-state index in [1.54, 1.807) is 0 Å². The van der Waals surface area contributed by atoms with Crippen molar-refractivity contribution in [1.82, 2.24) is 16.0 Å². The van der Waals surface area contributed by atoms with Crippen LogP contribution in [0.2, 0.25) is 0 Å². The van der Waals surface area contributed by atoms with Gasteiger partial charge in [-0.2, -0.15) is 0 Å². The fourth-order valence-electron chi connectivity index (χ4n) is 1.99. The summed E-state index contributed by atoms with van der Waals surface area (Å²) in [6.07, 6.45) is 3.85. The van der Waals surface area contributed by atoms with Crippen molar-refractivity contribution >= 4 is 12.1 Å². The summed E-state index contributed by atoms with van der Waals surface area (Å²) in [5.41, 5.74) is 1.36. The minimum absolute atomic E-state index is 0.370. The molecule has 0 spiro atoms. The quantitative estimate of drug-likeness (QED) is 0.199. The Bertz CT molecular complexity index is 423. The van der Waals surface area contributed by atoms with Crippen LogP contribution in [-0.2, 0) is 11.2 Å². The Labute approximate surface area is 132 Å². The zero-order valence-electron chi connectivity index (χ0n) is 12.9. The van der Waals surface area contributed by atoms with Crippen LogP contribution >= 0.6 is 0 Å². The highest BCUT2D eigenvalue weighted by molar-refractivity contribution is 6.25. The van der Waals surface area contributed by atoms with Gasteiger partial charge in [0.15, 0.2) is 0 Å². The van der Waals surface area contributed by atoms with Crippen LogP contribution in [0.5, 0.6) is 0 Å². The molecule has 0 bridgehead atoms. The molecule has 0 atom stereocenters. The first-order valence-electron chi connectivity index (χ1n) is 7.73. The zero-order chi connectivity index (χ0) is 15.9. The van der Waals surface area contributed by atoms with Crippen molar-refractivity contribution in [2.24, 2.45) is 5.16 Å².